The minimum atomic E-state index is -0.344. The summed E-state index contributed by atoms with van der Waals surface area (Å²) in [6.45, 7) is 7.66. The number of unbranched alkanes of at least 4 members (excludes halogenated alkanes) is 22. The van der Waals surface area contributed by atoms with Gasteiger partial charge in [0.15, 0.2) is 0 Å². The summed E-state index contributed by atoms with van der Waals surface area (Å²) in [5.74, 6) is -0.242. The van der Waals surface area contributed by atoms with Gasteiger partial charge in [0.2, 0.25) is 0 Å². The maximum Gasteiger partial charge on any atom is 0.306 e. The van der Waals surface area contributed by atoms with Crippen LogP contribution in [0.15, 0.2) is 0 Å². The second-order valence-electron chi connectivity index (χ2n) is 14.1. The molecule has 5 heteroatoms. The Morgan fingerprint density at radius 3 is 1.04 bits per heavy atom. The molecule has 0 aliphatic rings. The van der Waals surface area contributed by atoms with E-state index in [1.165, 1.54) is 116 Å². The Morgan fingerprint density at radius 1 is 0.422 bits per heavy atom. The highest BCUT2D eigenvalue weighted by atomic mass is 16.6. The van der Waals surface area contributed by atoms with Gasteiger partial charge in [0, 0.05) is 12.8 Å². The summed E-state index contributed by atoms with van der Waals surface area (Å²) in [5, 5.41) is 0. The first-order valence-corrected chi connectivity index (χ1v) is 20.0. The molecule has 268 valence electrons. The Bertz CT molecular complexity index is 638. The van der Waals surface area contributed by atoms with Crippen molar-refractivity contribution >= 4 is 11.9 Å². The average molecular weight is 638 g/mol. The van der Waals surface area contributed by atoms with Crippen molar-refractivity contribution in [3.63, 3.8) is 0 Å². The fourth-order valence-electron chi connectivity index (χ4n) is 6.17. The van der Waals surface area contributed by atoms with Crippen molar-refractivity contribution in [2.75, 3.05) is 20.6 Å². The number of ether oxygens (including phenoxy) is 2. The summed E-state index contributed by atoms with van der Waals surface area (Å²) in [5.41, 5.74) is 0. The molecule has 2 atom stereocenters. The fraction of sp³-hybridized carbons (Fsp3) is 0.950. The molecule has 0 aliphatic carbocycles. The highest BCUT2D eigenvalue weighted by Gasteiger charge is 2.28. The Balaban J connectivity index is 4.59. The van der Waals surface area contributed by atoms with Gasteiger partial charge in [-0.05, 0) is 59.2 Å². The molecule has 0 unspecified atom stereocenters. The minimum Gasteiger partial charge on any atom is -0.458 e. The van der Waals surface area contributed by atoms with Crippen LogP contribution in [0.1, 0.15) is 213 Å². The van der Waals surface area contributed by atoms with Crippen LogP contribution in [0.3, 0.4) is 0 Å². The predicted octanol–water partition coefficient (Wildman–Crippen LogP) is 12.1. The molecule has 0 heterocycles. The Kier molecular flexibility index (Phi) is 33.4. The maximum atomic E-state index is 12.9. The van der Waals surface area contributed by atoms with Crippen LogP contribution in [-0.2, 0) is 19.1 Å². The molecule has 0 rings (SSSR count). The van der Waals surface area contributed by atoms with Gasteiger partial charge in [0.05, 0.1) is 0 Å². The Labute approximate surface area is 281 Å². The Morgan fingerprint density at radius 2 is 0.711 bits per heavy atom. The molecule has 0 aromatic heterocycles. The summed E-state index contributed by atoms with van der Waals surface area (Å²) < 4.78 is 12.2. The second kappa shape index (κ2) is 34.2. The van der Waals surface area contributed by atoms with E-state index >= 15 is 0 Å². The van der Waals surface area contributed by atoms with Gasteiger partial charge in [-0.25, -0.2) is 0 Å². The number of nitrogens with zero attached hydrogens (tertiary/aromatic N) is 1. The van der Waals surface area contributed by atoms with Crippen LogP contribution < -0.4 is 0 Å². The molecule has 0 saturated carbocycles. The topological polar surface area (TPSA) is 55.8 Å². The lowest BCUT2D eigenvalue weighted by Crippen LogP contribution is -2.36. The van der Waals surface area contributed by atoms with Crippen LogP contribution in [0.25, 0.3) is 0 Å². The number of carbonyl (C=O) groups excluding carboxylic acids is 2. The van der Waals surface area contributed by atoms with Gasteiger partial charge in [-0.1, -0.05) is 162 Å². The van der Waals surface area contributed by atoms with E-state index in [4.69, 9.17) is 9.47 Å². The van der Waals surface area contributed by atoms with E-state index < -0.39 is 0 Å². The fourth-order valence-corrected chi connectivity index (χ4v) is 6.17. The molecule has 0 radical (unpaired) electrons. The van der Waals surface area contributed by atoms with E-state index in [-0.39, 0.29) is 24.1 Å². The zero-order valence-electron chi connectivity index (χ0n) is 31.2. The largest absolute Gasteiger partial charge is 0.458 e. The number of esters is 2. The van der Waals surface area contributed by atoms with Crippen LogP contribution in [0.5, 0.6) is 0 Å². The standard InChI is InChI=1S/C40H79NO4/c1-6-9-12-14-16-18-20-22-24-26-29-34-39(42)44-37(32-28-11-8-3)38(33-31-36-41(4)5)45-40(43)35-30-27-25-23-21-19-17-15-13-10-7-2/h37-38H,6-36H2,1-5H3/t37-,38+/m1/s1. The van der Waals surface area contributed by atoms with Gasteiger partial charge in [-0.15, -0.1) is 0 Å². The predicted molar refractivity (Wildman–Crippen MR) is 194 cm³/mol. The number of hydrogen-bond donors (Lipinski definition) is 0. The van der Waals surface area contributed by atoms with Crippen LogP contribution >= 0.6 is 0 Å². The molecular weight excluding hydrogens is 558 g/mol. The van der Waals surface area contributed by atoms with Crippen LogP contribution in [0.2, 0.25) is 0 Å². The lowest BCUT2D eigenvalue weighted by molar-refractivity contribution is -0.169. The number of carbonyl (C=O) groups is 2. The van der Waals surface area contributed by atoms with Crippen molar-refractivity contribution in [1.29, 1.82) is 0 Å². The minimum absolute atomic E-state index is 0.119. The molecule has 5 nitrogen and oxygen atoms in total. The molecule has 0 fully saturated rings. The first-order chi connectivity index (χ1) is 21.9. The van der Waals surface area contributed by atoms with E-state index in [1.807, 2.05) is 0 Å². The normalized spacial score (nSPS) is 12.8. The summed E-state index contributed by atoms with van der Waals surface area (Å²) >= 11 is 0. The molecule has 0 N–H and O–H groups in total. The summed E-state index contributed by atoms with van der Waals surface area (Å²) in [6.07, 6.45) is 33.7. The summed E-state index contributed by atoms with van der Waals surface area (Å²) in [6, 6.07) is 0. The van der Waals surface area contributed by atoms with Crippen molar-refractivity contribution in [3.05, 3.63) is 0 Å². The zero-order chi connectivity index (χ0) is 33.2. The molecule has 0 aliphatic heterocycles. The number of hydrogen-bond acceptors (Lipinski definition) is 5. The third kappa shape index (κ3) is 31.3. The molecule has 0 saturated heterocycles. The van der Waals surface area contributed by atoms with Crippen molar-refractivity contribution in [2.24, 2.45) is 0 Å². The van der Waals surface area contributed by atoms with E-state index in [2.05, 4.69) is 39.8 Å². The molecule has 0 aromatic carbocycles. The smallest absolute Gasteiger partial charge is 0.306 e. The van der Waals surface area contributed by atoms with E-state index in [9.17, 15) is 9.59 Å². The summed E-state index contributed by atoms with van der Waals surface area (Å²) in [4.78, 5) is 28.0. The lowest BCUT2D eigenvalue weighted by atomic mass is 10.0. The van der Waals surface area contributed by atoms with Gasteiger partial charge in [-0.2, -0.15) is 0 Å². The van der Waals surface area contributed by atoms with E-state index in [0.29, 0.717) is 12.8 Å². The van der Waals surface area contributed by atoms with Crippen LogP contribution in [0.4, 0.5) is 0 Å². The molecule has 0 bridgehead atoms. The van der Waals surface area contributed by atoms with Crippen molar-refractivity contribution < 1.29 is 19.1 Å². The average Bonchev–Trinajstić information content (AvgIpc) is 3.01. The first kappa shape index (κ1) is 43.9. The van der Waals surface area contributed by atoms with Gasteiger partial charge >= 0.3 is 11.9 Å². The highest BCUT2D eigenvalue weighted by Crippen LogP contribution is 2.21. The van der Waals surface area contributed by atoms with Gasteiger partial charge < -0.3 is 14.4 Å². The zero-order valence-corrected chi connectivity index (χ0v) is 31.2. The molecule has 0 aromatic rings. The SMILES string of the molecule is CCCCCCCCCCCCCC(=O)O[C@@H](CCCN(C)C)[C@@H](CCCCC)OC(=O)CCCCCCCCCCCCC. The molecule has 45 heavy (non-hydrogen) atoms. The highest BCUT2D eigenvalue weighted by molar-refractivity contribution is 5.70. The molecule has 0 amide bonds. The van der Waals surface area contributed by atoms with Crippen molar-refractivity contribution in [3.8, 4) is 0 Å². The monoisotopic (exact) mass is 638 g/mol. The quantitative estimate of drug-likeness (QED) is 0.0511. The van der Waals surface area contributed by atoms with Gasteiger partial charge in [0.1, 0.15) is 12.2 Å². The van der Waals surface area contributed by atoms with Gasteiger partial charge in [-0.3, -0.25) is 9.59 Å². The van der Waals surface area contributed by atoms with Crippen LogP contribution in [0, 0.1) is 0 Å². The Hall–Kier alpha value is -1.10. The third-order valence-electron chi connectivity index (χ3n) is 9.14. The van der Waals surface area contributed by atoms with E-state index in [0.717, 1.165) is 70.8 Å². The van der Waals surface area contributed by atoms with E-state index in [1.54, 1.807) is 0 Å². The van der Waals surface area contributed by atoms with Crippen LogP contribution in [-0.4, -0.2) is 49.7 Å². The molecule has 0 spiro atoms. The third-order valence-corrected chi connectivity index (χ3v) is 9.14. The first-order valence-electron chi connectivity index (χ1n) is 20.0. The second-order valence-corrected chi connectivity index (χ2v) is 14.1. The maximum absolute atomic E-state index is 12.9. The lowest BCUT2D eigenvalue weighted by Gasteiger charge is -2.28. The summed E-state index contributed by atoms with van der Waals surface area (Å²) in [7, 11) is 4.14. The van der Waals surface area contributed by atoms with Crippen molar-refractivity contribution in [1.82, 2.24) is 4.90 Å². The molecular formula is C40H79NO4. The van der Waals surface area contributed by atoms with Gasteiger partial charge in [0.25, 0.3) is 0 Å². The van der Waals surface area contributed by atoms with Crippen molar-refractivity contribution in [2.45, 2.75) is 226 Å². The number of rotatable bonds is 35.